The quantitative estimate of drug-likeness (QED) is 0.522. The van der Waals surface area contributed by atoms with Crippen LogP contribution in [0.1, 0.15) is 22.4 Å². The lowest BCUT2D eigenvalue weighted by molar-refractivity contribution is -0.731. The molecule has 0 atom stereocenters. The third-order valence-electron chi connectivity index (χ3n) is 4.32. The number of pyridine rings is 1. The molecule has 4 heteroatoms. The maximum atomic E-state index is 4.75. The Morgan fingerprint density at radius 1 is 0.808 bits per heavy atom. The zero-order chi connectivity index (χ0) is 17.8. The molecule has 0 spiro atoms. The lowest BCUT2D eigenvalue weighted by Gasteiger charge is -2.06. The molecule has 0 radical (unpaired) electrons. The van der Waals surface area contributed by atoms with Gasteiger partial charge in [-0.2, -0.15) is 0 Å². The van der Waals surface area contributed by atoms with Crippen molar-refractivity contribution >= 4 is 0 Å². The van der Waals surface area contributed by atoms with Crippen LogP contribution in [0.5, 0.6) is 0 Å². The average molecular weight is 341 g/mol. The van der Waals surface area contributed by atoms with Crippen LogP contribution in [0.3, 0.4) is 0 Å². The van der Waals surface area contributed by atoms with Gasteiger partial charge in [0.25, 0.3) is 0 Å². The predicted molar refractivity (Wildman–Crippen MR) is 101 cm³/mol. The summed E-state index contributed by atoms with van der Waals surface area (Å²) >= 11 is 0. The van der Waals surface area contributed by atoms with Gasteiger partial charge in [-0.1, -0.05) is 65.3 Å². The first-order chi connectivity index (χ1) is 12.8. The molecular weight excluding hydrogens is 320 g/mol. The topological polar surface area (TPSA) is 34.6 Å². The molecule has 0 unspecified atom stereocenters. The molecule has 0 fully saturated rings. The molecule has 0 aliphatic heterocycles. The van der Waals surface area contributed by atoms with Gasteiger partial charge in [-0.05, 0) is 29.2 Å². The molecule has 0 aliphatic carbocycles. The van der Waals surface area contributed by atoms with Crippen LogP contribution < -0.4 is 4.68 Å². The molecule has 26 heavy (non-hydrogen) atoms. The number of aryl methyl sites for hydroxylation is 1. The van der Waals surface area contributed by atoms with Gasteiger partial charge in [0, 0.05) is 18.2 Å². The van der Waals surface area contributed by atoms with Crippen LogP contribution in [0.15, 0.2) is 85.2 Å². The van der Waals surface area contributed by atoms with Crippen LogP contribution in [0.4, 0.5) is 0 Å². The predicted octanol–water partition coefficient (Wildman–Crippen LogP) is 3.27. The van der Waals surface area contributed by atoms with Gasteiger partial charge in [0.2, 0.25) is 5.82 Å². The summed E-state index contributed by atoms with van der Waals surface area (Å²) in [5.74, 6) is 0.837. The fourth-order valence-electron chi connectivity index (χ4n) is 3.08. The molecule has 0 aliphatic rings. The summed E-state index contributed by atoms with van der Waals surface area (Å²) in [4.78, 5) is 4.75. The highest BCUT2D eigenvalue weighted by molar-refractivity contribution is 5.32. The fraction of sp³-hybridized carbons (Fsp3) is 0.136. The standard InChI is InChI=1S/C22H21N4/c1-25-13-14-26(24-25)22-12-6-11-21(23-22)17-20-10-5-9-19(16-20)15-18-7-3-2-4-8-18/h2-14,16H,15,17H2,1H3/q+1. The van der Waals surface area contributed by atoms with Gasteiger partial charge in [0.1, 0.15) is 7.05 Å². The van der Waals surface area contributed by atoms with Gasteiger partial charge in [0.05, 0.1) is 5.21 Å². The van der Waals surface area contributed by atoms with E-state index in [9.17, 15) is 0 Å². The van der Waals surface area contributed by atoms with Crippen LogP contribution in [0, 0.1) is 0 Å². The molecule has 0 N–H and O–H groups in total. The van der Waals surface area contributed by atoms with E-state index < -0.39 is 0 Å². The summed E-state index contributed by atoms with van der Waals surface area (Å²) in [7, 11) is 1.90. The third-order valence-corrected chi connectivity index (χ3v) is 4.32. The molecule has 0 amide bonds. The summed E-state index contributed by atoms with van der Waals surface area (Å²) in [5.41, 5.74) is 4.96. The molecule has 128 valence electrons. The number of hydrogen-bond donors (Lipinski definition) is 0. The Labute approximate surface area is 153 Å². The van der Waals surface area contributed by atoms with E-state index in [1.807, 2.05) is 31.6 Å². The molecular formula is C22H21N4+. The summed E-state index contributed by atoms with van der Waals surface area (Å²) in [6.07, 6.45) is 5.57. The minimum absolute atomic E-state index is 0.809. The molecule has 0 bridgehead atoms. The Balaban J connectivity index is 1.53. The van der Waals surface area contributed by atoms with E-state index in [0.717, 1.165) is 24.4 Å². The minimum atomic E-state index is 0.809. The lowest BCUT2D eigenvalue weighted by Crippen LogP contribution is -2.30. The van der Waals surface area contributed by atoms with Crippen molar-refractivity contribution in [2.45, 2.75) is 12.8 Å². The fourth-order valence-corrected chi connectivity index (χ4v) is 3.08. The van der Waals surface area contributed by atoms with Crippen molar-refractivity contribution in [2.75, 3.05) is 0 Å². The summed E-state index contributed by atoms with van der Waals surface area (Å²) < 4.78 is 3.55. The van der Waals surface area contributed by atoms with E-state index in [2.05, 4.69) is 65.9 Å². The van der Waals surface area contributed by atoms with Gasteiger partial charge in [0.15, 0.2) is 12.4 Å². The molecule has 0 saturated heterocycles. The number of aromatic nitrogens is 4. The van der Waals surface area contributed by atoms with Crippen LogP contribution in [-0.2, 0) is 19.9 Å². The third kappa shape index (κ3) is 3.86. The maximum absolute atomic E-state index is 4.75. The second kappa shape index (κ2) is 7.31. The van der Waals surface area contributed by atoms with Crippen molar-refractivity contribution in [3.05, 3.63) is 108 Å². The number of benzene rings is 2. The maximum Gasteiger partial charge on any atom is 0.247 e. The largest absolute Gasteiger partial charge is 0.247 e. The molecule has 0 saturated carbocycles. The van der Waals surface area contributed by atoms with E-state index in [4.69, 9.17) is 4.98 Å². The zero-order valence-corrected chi connectivity index (χ0v) is 14.8. The number of rotatable bonds is 5. The van der Waals surface area contributed by atoms with Crippen molar-refractivity contribution in [1.82, 2.24) is 14.9 Å². The Bertz CT molecular complexity index is 1010. The van der Waals surface area contributed by atoms with E-state index >= 15 is 0 Å². The van der Waals surface area contributed by atoms with Gasteiger partial charge in [-0.25, -0.2) is 4.98 Å². The van der Waals surface area contributed by atoms with Gasteiger partial charge >= 0.3 is 0 Å². The Kier molecular flexibility index (Phi) is 4.56. The van der Waals surface area contributed by atoms with E-state index in [1.165, 1.54) is 16.7 Å². The summed E-state index contributed by atoms with van der Waals surface area (Å²) in [6.45, 7) is 0. The first-order valence-electron chi connectivity index (χ1n) is 8.76. The first kappa shape index (κ1) is 16.2. The van der Waals surface area contributed by atoms with Crippen LogP contribution in [0.2, 0.25) is 0 Å². The smallest absolute Gasteiger partial charge is 0.212 e. The zero-order valence-electron chi connectivity index (χ0n) is 14.8. The molecule has 2 aromatic carbocycles. The molecule has 2 heterocycles. The summed E-state index contributed by atoms with van der Waals surface area (Å²) in [6, 6.07) is 25.4. The normalized spacial score (nSPS) is 10.8. The molecule has 2 aromatic heterocycles. The second-order valence-corrected chi connectivity index (χ2v) is 6.45. The molecule has 4 rings (SSSR count). The average Bonchev–Trinajstić information content (AvgIpc) is 3.10. The Morgan fingerprint density at radius 2 is 1.54 bits per heavy atom. The van der Waals surface area contributed by atoms with Crippen molar-refractivity contribution in [3.8, 4) is 5.82 Å². The van der Waals surface area contributed by atoms with Crippen molar-refractivity contribution in [3.63, 3.8) is 0 Å². The van der Waals surface area contributed by atoms with Gasteiger partial charge < -0.3 is 0 Å². The van der Waals surface area contributed by atoms with Crippen molar-refractivity contribution in [2.24, 2.45) is 7.05 Å². The van der Waals surface area contributed by atoms with E-state index in [0.29, 0.717) is 0 Å². The van der Waals surface area contributed by atoms with E-state index in [1.54, 1.807) is 9.36 Å². The molecule has 4 aromatic rings. The van der Waals surface area contributed by atoms with Crippen molar-refractivity contribution < 1.29 is 4.68 Å². The van der Waals surface area contributed by atoms with Gasteiger partial charge in [-0.15, -0.1) is 4.68 Å². The highest BCUT2D eigenvalue weighted by Crippen LogP contribution is 2.15. The van der Waals surface area contributed by atoms with Crippen LogP contribution >= 0.6 is 0 Å². The molecule has 4 nitrogen and oxygen atoms in total. The SMILES string of the molecule is C[n+]1ccn(-c2cccc(Cc3cccc(Cc4ccccc4)c3)n2)n1. The van der Waals surface area contributed by atoms with E-state index in [-0.39, 0.29) is 0 Å². The van der Waals surface area contributed by atoms with Gasteiger partial charge in [-0.3, -0.25) is 0 Å². The number of hydrogen-bond acceptors (Lipinski definition) is 2. The van der Waals surface area contributed by atoms with Crippen LogP contribution in [0.25, 0.3) is 5.82 Å². The first-order valence-corrected chi connectivity index (χ1v) is 8.76. The van der Waals surface area contributed by atoms with Crippen molar-refractivity contribution in [1.29, 1.82) is 0 Å². The highest BCUT2D eigenvalue weighted by Gasteiger charge is 2.09. The highest BCUT2D eigenvalue weighted by atomic mass is 15.5. The Hall–Kier alpha value is -3.27. The lowest BCUT2D eigenvalue weighted by atomic mass is 10.0. The Morgan fingerprint density at radius 3 is 2.31 bits per heavy atom. The minimum Gasteiger partial charge on any atom is -0.212 e. The second-order valence-electron chi connectivity index (χ2n) is 6.45. The van der Waals surface area contributed by atoms with Crippen LogP contribution in [-0.4, -0.2) is 14.9 Å². The number of nitrogens with zero attached hydrogens (tertiary/aromatic N) is 4. The summed E-state index contributed by atoms with van der Waals surface area (Å²) in [5, 5.41) is 4.36. The monoisotopic (exact) mass is 341 g/mol.